The van der Waals surface area contributed by atoms with Gasteiger partial charge in [-0.2, -0.15) is 12.1 Å². The normalized spacial score (nSPS) is 10.9. The Balaban J connectivity index is 0.000000247. The van der Waals surface area contributed by atoms with E-state index in [0.717, 1.165) is 0 Å². The van der Waals surface area contributed by atoms with Crippen molar-refractivity contribution in [2.45, 2.75) is 79.8 Å². The van der Waals surface area contributed by atoms with E-state index in [0.29, 0.717) is 5.92 Å². The minimum atomic E-state index is 0. The van der Waals surface area contributed by atoms with Gasteiger partial charge in [-0.1, -0.05) is 154 Å². The van der Waals surface area contributed by atoms with E-state index in [1.54, 1.807) is 23.3 Å². The van der Waals surface area contributed by atoms with Crippen molar-refractivity contribution in [3.05, 3.63) is 155 Å². The fourth-order valence-corrected chi connectivity index (χ4v) is 6.35. The molecule has 0 aliphatic rings. The molecule has 0 atom stereocenters. The van der Waals surface area contributed by atoms with E-state index in [2.05, 4.69) is 196 Å². The zero-order valence-electron chi connectivity index (χ0n) is 32.5. The third-order valence-electron chi connectivity index (χ3n) is 9.22. The Kier molecular flexibility index (Phi) is 15.7. The van der Waals surface area contributed by atoms with Crippen molar-refractivity contribution in [3.63, 3.8) is 0 Å². The van der Waals surface area contributed by atoms with Gasteiger partial charge < -0.3 is 24.8 Å². The van der Waals surface area contributed by atoms with Gasteiger partial charge in [-0.3, -0.25) is 0 Å². The van der Waals surface area contributed by atoms with Crippen LogP contribution in [0.25, 0.3) is 54.9 Å². The molecule has 7 aromatic rings. The van der Waals surface area contributed by atoms with Crippen molar-refractivity contribution in [1.82, 2.24) is 0 Å². The average Bonchev–Trinajstić information content (AvgIpc) is 3.68. The summed E-state index contributed by atoms with van der Waals surface area (Å²) in [6, 6.07) is 47.2. The summed E-state index contributed by atoms with van der Waals surface area (Å²) in [5.41, 5.74) is 14.9. The molecule has 0 amide bonds. The molecule has 0 fully saturated rings. The molecule has 0 spiro atoms. The molecule has 4 heteroatoms. The summed E-state index contributed by atoms with van der Waals surface area (Å²) in [5, 5.41) is 5.38. The molecule has 0 nitrogen and oxygen atoms in total. The smallest absolute Gasteiger partial charge is 0.0277 e. The summed E-state index contributed by atoms with van der Waals surface area (Å²) >= 11 is 1.74. The summed E-state index contributed by atoms with van der Waals surface area (Å²) in [5.74, 6) is 0.573. The van der Waals surface area contributed by atoms with E-state index in [1.807, 2.05) is 0 Å². The summed E-state index contributed by atoms with van der Waals surface area (Å²) in [4.78, 5) is 0. The maximum Gasteiger partial charge on any atom is -0.0277 e. The summed E-state index contributed by atoms with van der Waals surface area (Å²) in [7, 11) is 0. The van der Waals surface area contributed by atoms with Crippen LogP contribution in [0.5, 0.6) is 0 Å². The van der Waals surface area contributed by atoms with E-state index in [-0.39, 0.29) is 35.7 Å². The number of hydrogen-bond donors (Lipinski definition) is 0. The second-order valence-electron chi connectivity index (χ2n) is 15.4. The number of aryl methyl sites for hydroxylation is 3. The van der Waals surface area contributed by atoms with Crippen LogP contribution in [-0.2, 0) is 28.8 Å². The monoisotopic (exact) mass is 816 g/mol. The maximum absolute atomic E-state index is 2.35. The topological polar surface area (TPSA) is 0 Å². The van der Waals surface area contributed by atoms with E-state index in [4.69, 9.17) is 0 Å². The van der Waals surface area contributed by atoms with Crippen molar-refractivity contribution in [3.8, 4) is 33.4 Å². The SMILES string of the molecule is CC(C)c1cc2c(-c3ccc(C(C)(C)C)cc3)cccc2[cH-]1.C[Si](C)=[Zr+2].Cc1ccc(-c2cc(-c3ccc(C)cc3)c3cc(C)[cH-]c3c2)cc1.[Cl-].[Cl-]. The number of fused-ring (bicyclic) bond motifs is 2. The standard InChI is InChI=1S/C24H21.C22H25.C2H6Si.2ClH.Zr/c1-16-4-8-19(9-5-16)21-14-22-12-18(3)13-23(22)24(15-21)20-10-6-17(2)7-11-20;1-15(2)18-13-17-7-6-8-20(21(17)14-18)16-9-11-19(12-10-16)22(3,4)5;1-3-2;;;/h4-15H,1-3H3;6-15H,1-5H3;1-2H3;2*1H;/q2*-1;;;;+2/p-2. The first-order valence-electron chi connectivity index (χ1n) is 17.9. The minimum Gasteiger partial charge on any atom is -1.00 e. The predicted molar refractivity (Wildman–Crippen MR) is 220 cm³/mol. The van der Waals surface area contributed by atoms with E-state index in [9.17, 15) is 0 Å². The van der Waals surface area contributed by atoms with Gasteiger partial charge in [-0.15, -0.1) is 63.0 Å². The van der Waals surface area contributed by atoms with Gasteiger partial charge in [-0.25, -0.2) is 0 Å². The molecule has 7 rings (SSSR count). The Morgan fingerprint density at radius 1 is 0.558 bits per heavy atom. The Morgan fingerprint density at radius 3 is 1.60 bits per heavy atom. The van der Waals surface area contributed by atoms with Gasteiger partial charge in [0.05, 0.1) is 0 Å². The molecule has 0 aliphatic carbocycles. The zero-order valence-corrected chi connectivity index (χ0v) is 37.4. The summed E-state index contributed by atoms with van der Waals surface area (Å²) in [6.45, 7) is 22.3. The molecule has 0 aliphatic heterocycles. The quantitative estimate of drug-likeness (QED) is 0.124. The fraction of sp³-hybridized carbons (Fsp3) is 0.250. The van der Waals surface area contributed by atoms with Crippen molar-refractivity contribution in [1.29, 1.82) is 0 Å². The Hall–Kier alpha value is -3.00. The van der Waals surface area contributed by atoms with Gasteiger partial charge in [0.2, 0.25) is 0 Å². The van der Waals surface area contributed by atoms with Crippen LogP contribution in [0.2, 0.25) is 13.1 Å². The second kappa shape index (κ2) is 18.9. The van der Waals surface area contributed by atoms with E-state index < -0.39 is 0 Å². The van der Waals surface area contributed by atoms with Crippen molar-refractivity contribution < 1.29 is 48.1 Å². The van der Waals surface area contributed by atoms with Gasteiger partial charge in [0.1, 0.15) is 0 Å². The predicted octanol–water partition coefficient (Wildman–Crippen LogP) is 8.26. The molecule has 0 unspecified atom stereocenters. The van der Waals surface area contributed by atoms with Crippen LogP contribution in [0, 0.1) is 20.8 Å². The molecule has 0 saturated heterocycles. The van der Waals surface area contributed by atoms with Gasteiger partial charge in [0.25, 0.3) is 0 Å². The number of benzene rings is 5. The molecule has 0 heterocycles. The first kappa shape index (κ1) is 43.4. The fourth-order valence-electron chi connectivity index (χ4n) is 6.35. The van der Waals surface area contributed by atoms with E-state index in [1.165, 1.54) is 82.7 Å². The van der Waals surface area contributed by atoms with Crippen molar-refractivity contribution in [2.75, 3.05) is 0 Å². The minimum absolute atomic E-state index is 0. The largest absolute Gasteiger partial charge is 1.00 e. The molecule has 0 aromatic heterocycles. The zero-order chi connectivity index (χ0) is 36.2. The molecule has 52 heavy (non-hydrogen) atoms. The number of halogens is 2. The number of hydrogen-bond acceptors (Lipinski definition) is 0. The molecular formula is C48H52Cl2SiZr-2. The van der Waals surface area contributed by atoms with Gasteiger partial charge in [-0.05, 0) is 47.4 Å². The van der Waals surface area contributed by atoms with Gasteiger partial charge in [0, 0.05) is 0 Å². The molecule has 268 valence electrons. The number of rotatable bonds is 4. The Bertz CT molecular complexity index is 2210. The Morgan fingerprint density at radius 2 is 1.06 bits per heavy atom. The van der Waals surface area contributed by atoms with Crippen LogP contribution in [0.15, 0.2) is 127 Å². The third kappa shape index (κ3) is 11.0. The summed E-state index contributed by atoms with van der Waals surface area (Å²) in [6.07, 6.45) is 0. The Labute approximate surface area is 341 Å². The second-order valence-corrected chi connectivity index (χ2v) is 24.7. The summed E-state index contributed by atoms with van der Waals surface area (Å²) < 4.78 is 0. The van der Waals surface area contributed by atoms with Crippen LogP contribution in [0.4, 0.5) is 0 Å². The van der Waals surface area contributed by atoms with Gasteiger partial charge >= 0.3 is 41.9 Å². The molecule has 0 bridgehead atoms. The van der Waals surface area contributed by atoms with Crippen LogP contribution in [0.1, 0.15) is 68.4 Å². The van der Waals surface area contributed by atoms with Crippen LogP contribution >= 0.6 is 0 Å². The average molecular weight is 819 g/mol. The van der Waals surface area contributed by atoms with Crippen molar-refractivity contribution in [2.24, 2.45) is 0 Å². The van der Waals surface area contributed by atoms with Crippen molar-refractivity contribution >= 4 is 27.0 Å². The molecule has 0 saturated carbocycles. The van der Waals surface area contributed by atoms with Gasteiger partial charge in [0.15, 0.2) is 0 Å². The molecule has 7 aromatic carbocycles. The van der Waals surface area contributed by atoms with Crippen LogP contribution in [0.3, 0.4) is 0 Å². The van der Waals surface area contributed by atoms with E-state index >= 15 is 0 Å². The maximum atomic E-state index is 2.35. The molecular weight excluding hydrogens is 767 g/mol. The first-order chi connectivity index (χ1) is 23.7. The molecule has 0 radical (unpaired) electrons. The third-order valence-corrected chi connectivity index (χ3v) is 9.22. The first-order valence-corrected chi connectivity index (χ1v) is 24.1. The molecule has 0 N–H and O–H groups in total. The van der Waals surface area contributed by atoms with Crippen LogP contribution < -0.4 is 24.8 Å². The van der Waals surface area contributed by atoms with Crippen LogP contribution in [-0.4, -0.2) is 5.43 Å².